The van der Waals surface area contributed by atoms with E-state index in [-0.39, 0.29) is 0 Å². The summed E-state index contributed by atoms with van der Waals surface area (Å²) in [5.41, 5.74) is -4.56. The molecule has 0 aromatic heterocycles. The van der Waals surface area contributed by atoms with Gasteiger partial charge in [0.25, 0.3) is 6.43 Å². The van der Waals surface area contributed by atoms with Crippen LogP contribution in [0, 0.1) is 10.8 Å². The van der Waals surface area contributed by atoms with Gasteiger partial charge in [0.05, 0.1) is 6.42 Å². The minimum atomic E-state index is -3.58. The Bertz CT molecular complexity index is 345. The molecule has 0 aromatic carbocycles. The summed E-state index contributed by atoms with van der Waals surface area (Å²) in [6, 6.07) is 0. The highest BCUT2D eigenvalue weighted by atomic mass is 19.3. The van der Waals surface area contributed by atoms with E-state index in [9.17, 15) is 23.2 Å². The molecular formula is C10H14F2O5. The van der Waals surface area contributed by atoms with Crippen molar-refractivity contribution >= 4 is 17.7 Å². The highest BCUT2D eigenvalue weighted by molar-refractivity contribution is 6.08. The number of aliphatic carboxylic acids is 2. The number of Topliss-reactive ketones (excluding diaryl/α,β-unsaturated/α-hetero) is 1. The second-order valence-electron chi connectivity index (χ2n) is 4.73. The molecule has 98 valence electrons. The molecule has 0 aliphatic heterocycles. The van der Waals surface area contributed by atoms with Crippen LogP contribution in [0.2, 0.25) is 0 Å². The highest BCUT2D eigenvalue weighted by Gasteiger charge is 2.58. The fourth-order valence-electron chi connectivity index (χ4n) is 1.43. The fourth-order valence-corrected chi connectivity index (χ4v) is 1.43. The summed E-state index contributed by atoms with van der Waals surface area (Å²) in [5, 5.41) is 17.3. The molecule has 0 aliphatic carbocycles. The molecule has 0 rings (SSSR count). The number of rotatable bonds is 5. The van der Waals surface area contributed by atoms with Crippen LogP contribution in [0.25, 0.3) is 0 Å². The van der Waals surface area contributed by atoms with Crippen molar-refractivity contribution in [2.24, 2.45) is 10.8 Å². The van der Waals surface area contributed by atoms with Gasteiger partial charge in [0.15, 0.2) is 11.2 Å². The van der Waals surface area contributed by atoms with Crippen molar-refractivity contribution in [2.45, 2.75) is 33.6 Å². The third kappa shape index (κ3) is 2.98. The van der Waals surface area contributed by atoms with E-state index in [1.807, 2.05) is 0 Å². The Morgan fingerprint density at radius 3 is 1.71 bits per heavy atom. The van der Waals surface area contributed by atoms with Crippen LogP contribution in [0.15, 0.2) is 0 Å². The van der Waals surface area contributed by atoms with Crippen molar-refractivity contribution in [3.63, 3.8) is 0 Å². The van der Waals surface area contributed by atoms with E-state index in [0.717, 1.165) is 0 Å². The Balaban J connectivity index is 5.73. The van der Waals surface area contributed by atoms with E-state index in [4.69, 9.17) is 10.2 Å². The zero-order chi connectivity index (χ0) is 14.0. The zero-order valence-corrected chi connectivity index (χ0v) is 9.66. The number of carbonyl (C=O) groups excluding carboxylic acids is 1. The van der Waals surface area contributed by atoms with E-state index in [1.54, 1.807) is 0 Å². The van der Waals surface area contributed by atoms with E-state index in [0.29, 0.717) is 0 Å². The lowest BCUT2D eigenvalue weighted by Gasteiger charge is -2.31. The molecule has 0 saturated carbocycles. The SMILES string of the molecule is CC(C)(C)C(=O)C(CC(=O)O)(C(=O)O)C(F)F. The first-order valence-electron chi connectivity index (χ1n) is 4.74. The minimum Gasteiger partial charge on any atom is -0.481 e. The number of hydrogen-bond acceptors (Lipinski definition) is 3. The van der Waals surface area contributed by atoms with Crippen molar-refractivity contribution in [2.75, 3.05) is 0 Å². The van der Waals surface area contributed by atoms with E-state index in [2.05, 4.69) is 0 Å². The third-order valence-corrected chi connectivity index (χ3v) is 2.27. The van der Waals surface area contributed by atoms with Crippen LogP contribution < -0.4 is 0 Å². The maximum Gasteiger partial charge on any atom is 0.323 e. The van der Waals surface area contributed by atoms with Crippen molar-refractivity contribution in [3.8, 4) is 0 Å². The van der Waals surface area contributed by atoms with Crippen LogP contribution in [0.3, 0.4) is 0 Å². The van der Waals surface area contributed by atoms with Gasteiger partial charge in [0.2, 0.25) is 0 Å². The first-order chi connectivity index (χ1) is 7.46. The van der Waals surface area contributed by atoms with Crippen molar-refractivity contribution in [1.82, 2.24) is 0 Å². The van der Waals surface area contributed by atoms with Crippen LogP contribution in [-0.4, -0.2) is 34.4 Å². The molecule has 0 aliphatic rings. The number of alkyl halides is 2. The van der Waals surface area contributed by atoms with Gasteiger partial charge in [-0.25, -0.2) is 8.78 Å². The number of carbonyl (C=O) groups is 3. The van der Waals surface area contributed by atoms with Crippen LogP contribution in [0.1, 0.15) is 27.2 Å². The van der Waals surface area contributed by atoms with Crippen LogP contribution in [0.4, 0.5) is 8.78 Å². The number of carboxylic acid groups (broad SMARTS) is 2. The molecule has 0 heterocycles. The quantitative estimate of drug-likeness (QED) is 0.722. The average Bonchev–Trinajstić information content (AvgIpc) is 2.09. The predicted octanol–water partition coefficient (Wildman–Crippen LogP) is 1.41. The second kappa shape index (κ2) is 4.77. The van der Waals surface area contributed by atoms with E-state index >= 15 is 0 Å². The molecule has 0 spiro atoms. The Hall–Kier alpha value is -1.53. The Labute approximate surface area is 96.4 Å². The largest absolute Gasteiger partial charge is 0.481 e. The summed E-state index contributed by atoms with van der Waals surface area (Å²) in [6.45, 7) is 3.78. The van der Waals surface area contributed by atoms with E-state index < -0.39 is 41.4 Å². The molecular weight excluding hydrogens is 238 g/mol. The minimum absolute atomic E-state index is 1.26. The van der Waals surface area contributed by atoms with Gasteiger partial charge in [-0.3, -0.25) is 14.4 Å². The van der Waals surface area contributed by atoms with Gasteiger partial charge < -0.3 is 10.2 Å². The molecule has 1 unspecified atom stereocenters. The molecule has 7 heteroatoms. The summed E-state index contributed by atoms with van der Waals surface area (Å²) >= 11 is 0. The van der Waals surface area contributed by atoms with E-state index in [1.165, 1.54) is 20.8 Å². The molecule has 0 aromatic rings. The van der Waals surface area contributed by atoms with Gasteiger partial charge in [0.1, 0.15) is 0 Å². The smallest absolute Gasteiger partial charge is 0.323 e. The summed E-state index contributed by atoms with van der Waals surface area (Å²) in [5.74, 6) is -5.17. The lowest BCUT2D eigenvalue weighted by molar-refractivity contribution is -0.175. The molecule has 0 bridgehead atoms. The molecule has 2 N–H and O–H groups in total. The van der Waals surface area contributed by atoms with Crippen LogP contribution >= 0.6 is 0 Å². The van der Waals surface area contributed by atoms with Crippen molar-refractivity contribution < 1.29 is 33.4 Å². The van der Waals surface area contributed by atoms with Crippen molar-refractivity contribution in [3.05, 3.63) is 0 Å². The van der Waals surface area contributed by atoms with Gasteiger partial charge in [-0.15, -0.1) is 0 Å². The van der Waals surface area contributed by atoms with Gasteiger partial charge in [0, 0.05) is 5.41 Å². The lowest BCUT2D eigenvalue weighted by Crippen LogP contribution is -2.51. The van der Waals surface area contributed by atoms with Crippen molar-refractivity contribution in [1.29, 1.82) is 0 Å². The lowest BCUT2D eigenvalue weighted by atomic mass is 9.70. The summed E-state index contributed by atoms with van der Waals surface area (Å²) in [4.78, 5) is 33.2. The fraction of sp³-hybridized carbons (Fsp3) is 0.700. The van der Waals surface area contributed by atoms with Crippen LogP contribution in [-0.2, 0) is 14.4 Å². The average molecular weight is 252 g/mol. The van der Waals surface area contributed by atoms with Gasteiger partial charge in [-0.2, -0.15) is 0 Å². The molecule has 0 radical (unpaired) electrons. The summed E-state index contributed by atoms with van der Waals surface area (Å²) in [6.07, 6.45) is -5.02. The molecule has 0 fully saturated rings. The number of hydrogen-bond donors (Lipinski definition) is 2. The van der Waals surface area contributed by atoms with Gasteiger partial charge in [-0.1, -0.05) is 20.8 Å². The molecule has 17 heavy (non-hydrogen) atoms. The first kappa shape index (κ1) is 15.5. The maximum absolute atomic E-state index is 12.9. The number of halogens is 2. The monoisotopic (exact) mass is 252 g/mol. The Morgan fingerprint density at radius 1 is 1.12 bits per heavy atom. The Morgan fingerprint density at radius 2 is 1.53 bits per heavy atom. The number of carboxylic acids is 2. The summed E-state index contributed by atoms with van der Waals surface area (Å²) in [7, 11) is 0. The normalized spacial score (nSPS) is 15.4. The molecule has 0 saturated heterocycles. The van der Waals surface area contributed by atoms with Gasteiger partial charge >= 0.3 is 11.9 Å². The Kier molecular flexibility index (Phi) is 4.34. The highest BCUT2D eigenvalue weighted by Crippen LogP contribution is 2.38. The van der Waals surface area contributed by atoms with Crippen LogP contribution in [0.5, 0.6) is 0 Å². The van der Waals surface area contributed by atoms with Gasteiger partial charge in [-0.05, 0) is 0 Å². The maximum atomic E-state index is 12.9. The summed E-state index contributed by atoms with van der Waals surface area (Å²) < 4.78 is 25.8. The first-order valence-corrected chi connectivity index (χ1v) is 4.74. The number of ketones is 1. The predicted molar refractivity (Wildman–Crippen MR) is 52.8 cm³/mol. The topological polar surface area (TPSA) is 91.7 Å². The standard InChI is InChI=1S/C10H14F2O5/c1-9(2,3)6(15)10(7(11)12,8(16)17)4-5(13)14/h7H,4H2,1-3H3,(H,13,14)(H,16,17). The second-order valence-corrected chi connectivity index (χ2v) is 4.73. The molecule has 1 atom stereocenters. The molecule has 0 amide bonds. The zero-order valence-electron chi connectivity index (χ0n) is 9.66. The molecule has 5 nitrogen and oxygen atoms in total. The third-order valence-electron chi connectivity index (χ3n) is 2.27.